The van der Waals surface area contributed by atoms with Gasteiger partial charge in [0.05, 0.1) is 0 Å². The summed E-state index contributed by atoms with van der Waals surface area (Å²) in [6.07, 6.45) is -2.45. The highest BCUT2D eigenvalue weighted by Crippen LogP contribution is 2.23. The molecule has 2 amide bonds. The average molecular weight is 357 g/mol. The molecule has 2 bridgehead atoms. The molecule has 3 fully saturated rings. The maximum absolute atomic E-state index is 12.5. The molecule has 3 saturated heterocycles. The number of alkyl halides is 3. The van der Waals surface area contributed by atoms with Gasteiger partial charge in [-0.3, -0.25) is 0 Å². The third kappa shape index (κ3) is 4.78. The van der Waals surface area contributed by atoms with Gasteiger partial charge in [-0.25, -0.2) is 4.79 Å². The summed E-state index contributed by atoms with van der Waals surface area (Å²) >= 11 is 0. The van der Waals surface area contributed by atoms with E-state index in [2.05, 4.69) is 10.2 Å². The zero-order chi connectivity index (χ0) is 17.9. The largest absolute Gasteiger partial charge is 0.484 e. The number of fused-ring (bicyclic) bond motifs is 4. The molecule has 3 aliphatic rings. The third-order valence-electron chi connectivity index (χ3n) is 4.71. The predicted molar refractivity (Wildman–Crippen MR) is 86.4 cm³/mol. The number of nitrogens with zero attached hydrogens (tertiary/aromatic N) is 2. The van der Waals surface area contributed by atoms with E-state index in [0.717, 1.165) is 32.5 Å². The number of nitrogens with one attached hydrogen (secondary N) is 1. The monoisotopic (exact) mass is 357 g/mol. The number of para-hydroxylation sites is 1. The molecule has 3 aliphatic heterocycles. The first-order chi connectivity index (χ1) is 11.9. The van der Waals surface area contributed by atoms with Crippen molar-refractivity contribution < 1.29 is 22.7 Å². The molecule has 1 aromatic rings. The molecule has 0 atom stereocenters. The summed E-state index contributed by atoms with van der Waals surface area (Å²) in [7, 11) is 0. The van der Waals surface area contributed by atoms with Crippen LogP contribution < -0.4 is 10.1 Å². The van der Waals surface area contributed by atoms with Gasteiger partial charge in [0.2, 0.25) is 0 Å². The van der Waals surface area contributed by atoms with Crippen molar-refractivity contribution in [2.24, 2.45) is 0 Å². The zero-order valence-electron chi connectivity index (χ0n) is 13.9. The van der Waals surface area contributed by atoms with Gasteiger partial charge in [-0.15, -0.1) is 0 Å². The van der Waals surface area contributed by atoms with Crippen LogP contribution in [0.5, 0.6) is 5.75 Å². The number of urea groups is 1. The van der Waals surface area contributed by atoms with Crippen LogP contribution in [-0.2, 0) is 6.54 Å². The molecule has 0 spiro atoms. The highest BCUT2D eigenvalue weighted by atomic mass is 19.4. The first kappa shape index (κ1) is 17.8. The lowest BCUT2D eigenvalue weighted by Gasteiger charge is -2.31. The number of carbonyl (C=O) groups is 1. The number of halogens is 3. The maximum Gasteiger partial charge on any atom is 0.422 e. The van der Waals surface area contributed by atoms with Crippen LogP contribution in [0.15, 0.2) is 24.3 Å². The molecule has 1 aromatic carbocycles. The third-order valence-corrected chi connectivity index (χ3v) is 4.71. The van der Waals surface area contributed by atoms with Gasteiger partial charge in [-0.1, -0.05) is 18.2 Å². The average Bonchev–Trinajstić information content (AvgIpc) is 2.92. The Hall–Kier alpha value is -1.96. The SMILES string of the molecule is O=C(NCc1ccccc1OCC(F)(F)F)N1CCN2CCC1CC2. The quantitative estimate of drug-likeness (QED) is 0.901. The number of hydrogen-bond donors (Lipinski definition) is 1. The van der Waals surface area contributed by atoms with E-state index in [1.54, 1.807) is 18.2 Å². The van der Waals surface area contributed by atoms with Gasteiger partial charge in [-0.05, 0) is 18.9 Å². The number of hydrogen-bond acceptors (Lipinski definition) is 3. The first-order valence-electron chi connectivity index (χ1n) is 8.47. The molecule has 138 valence electrons. The highest BCUT2D eigenvalue weighted by molar-refractivity contribution is 5.74. The molecule has 1 N–H and O–H groups in total. The minimum Gasteiger partial charge on any atom is -0.484 e. The Morgan fingerprint density at radius 3 is 2.60 bits per heavy atom. The fourth-order valence-corrected chi connectivity index (χ4v) is 3.38. The van der Waals surface area contributed by atoms with E-state index in [1.807, 2.05) is 4.90 Å². The molecule has 4 rings (SSSR count). The zero-order valence-corrected chi connectivity index (χ0v) is 13.9. The van der Waals surface area contributed by atoms with Crippen molar-refractivity contribution in [1.82, 2.24) is 15.1 Å². The van der Waals surface area contributed by atoms with Crippen molar-refractivity contribution in [3.63, 3.8) is 0 Å². The molecule has 0 saturated carbocycles. The van der Waals surface area contributed by atoms with E-state index in [0.29, 0.717) is 12.1 Å². The van der Waals surface area contributed by atoms with Crippen molar-refractivity contribution >= 4 is 6.03 Å². The Balaban J connectivity index is 1.58. The second kappa shape index (κ2) is 7.51. The number of ether oxygens (including phenoxy) is 1. The Kier molecular flexibility index (Phi) is 5.36. The van der Waals surface area contributed by atoms with E-state index in [9.17, 15) is 18.0 Å². The first-order valence-corrected chi connectivity index (χ1v) is 8.47. The summed E-state index contributed by atoms with van der Waals surface area (Å²) in [6, 6.07) is 6.54. The van der Waals surface area contributed by atoms with Gasteiger partial charge in [0.15, 0.2) is 6.61 Å². The Bertz CT molecular complexity index is 601. The maximum atomic E-state index is 12.5. The minimum absolute atomic E-state index is 0.139. The summed E-state index contributed by atoms with van der Waals surface area (Å²) < 4.78 is 41.9. The van der Waals surface area contributed by atoms with Crippen LogP contribution in [0.2, 0.25) is 0 Å². The summed E-state index contributed by atoms with van der Waals surface area (Å²) in [5, 5.41) is 2.82. The smallest absolute Gasteiger partial charge is 0.422 e. The van der Waals surface area contributed by atoms with Crippen molar-refractivity contribution in [3.8, 4) is 5.75 Å². The minimum atomic E-state index is -4.39. The number of carbonyl (C=O) groups excluding carboxylic acids is 1. The predicted octanol–water partition coefficient (Wildman–Crippen LogP) is 2.62. The van der Waals surface area contributed by atoms with E-state index in [-0.39, 0.29) is 24.4 Å². The highest BCUT2D eigenvalue weighted by Gasteiger charge is 2.32. The van der Waals surface area contributed by atoms with Crippen LogP contribution in [0.1, 0.15) is 18.4 Å². The molecule has 25 heavy (non-hydrogen) atoms. The topological polar surface area (TPSA) is 44.8 Å². The van der Waals surface area contributed by atoms with Crippen LogP contribution in [-0.4, -0.2) is 60.8 Å². The van der Waals surface area contributed by atoms with Crippen molar-refractivity contribution in [3.05, 3.63) is 29.8 Å². The van der Waals surface area contributed by atoms with Crippen LogP contribution in [0.3, 0.4) is 0 Å². The summed E-state index contributed by atoms with van der Waals surface area (Å²) in [4.78, 5) is 16.7. The molecule has 0 aromatic heterocycles. The molecule has 3 heterocycles. The molecule has 0 unspecified atom stereocenters. The van der Waals surface area contributed by atoms with Gasteiger partial charge in [-0.2, -0.15) is 13.2 Å². The Labute approximate surface area is 144 Å². The number of amides is 2. The molecule has 0 aliphatic carbocycles. The lowest BCUT2D eigenvalue weighted by atomic mass is 10.1. The fraction of sp³-hybridized carbons (Fsp3) is 0.588. The van der Waals surface area contributed by atoms with E-state index in [4.69, 9.17) is 4.74 Å². The van der Waals surface area contributed by atoms with Gasteiger partial charge < -0.3 is 19.9 Å². The van der Waals surface area contributed by atoms with Crippen molar-refractivity contribution in [2.45, 2.75) is 31.6 Å². The lowest BCUT2D eigenvalue weighted by molar-refractivity contribution is -0.153. The number of benzene rings is 1. The number of rotatable bonds is 4. The summed E-state index contributed by atoms with van der Waals surface area (Å²) in [5.41, 5.74) is 0.531. The van der Waals surface area contributed by atoms with Gasteiger partial charge in [0.1, 0.15) is 5.75 Å². The summed E-state index contributed by atoms with van der Waals surface area (Å²) in [6.45, 7) is 2.38. The van der Waals surface area contributed by atoms with Crippen LogP contribution >= 0.6 is 0 Å². The molecular formula is C17H22F3N3O2. The molecule has 8 heteroatoms. The molecular weight excluding hydrogens is 335 g/mol. The van der Waals surface area contributed by atoms with Gasteiger partial charge >= 0.3 is 12.2 Å². The van der Waals surface area contributed by atoms with Crippen LogP contribution in [0, 0.1) is 0 Å². The Morgan fingerprint density at radius 2 is 1.88 bits per heavy atom. The Morgan fingerprint density at radius 1 is 1.16 bits per heavy atom. The van der Waals surface area contributed by atoms with E-state index in [1.165, 1.54) is 6.07 Å². The number of piperidine rings is 1. The van der Waals surface area contributed by atoms with Crippen molar-refractivity contribution in [1.29, 1.82) is 0 Å². The summed E-state index contributed by atoms with van der Waals surface area (Å²) in [5.74, 6) is 0.142. The van der Waals surface area contributed by atoms with E-state index < -0.39 is 12.8 Å². The standard InChI is InChI=1S/C17H22F3N3O2/c18-17(19,20)12-25-15-4-2-1-3-13(15)11-21-16(24)23-10-9-22-7-5-14(23)6-8-22/h1-4,14H,5-12H2,(H,21,24). The normalized spacial score (nSPS) is 23.2. The van der Waals surface area contributed by atoms with E-state index >= 15 is 0 Å². The van der Waals surface area contributed by atoms with Crippen LogP contribution in [0.4, 0.5) is 18.0 Å². The van der Waals surface area contributed by atoms with Gasteiger partial charge in [0, 0.05) is 44.3 Å². The second-order valence-electron chi connectivity index (χ2n) is 6.44. The van der Waals surface area contributed by atoms with Crippen molar-refractivity contribution in [2.75, 3.05) is 32.8 Å². The van der Waals surface area contributed by atoms with Gasteiger partial charge in [0.25, 0.3) is 0 Å². The van der Waals surface area contributed by atoms with Crippen LogP contribution in [0.25, 0.3) is 0 Å². The molecule has 5 nitrogen and oxygen atoms in total. The fourth-order valence-electron chi connectivity index (χ4n) is 3.38. The lowest BCUT2D eigenvalue weighted by Crippen LogP contribution is -2.46. The second-order valence-corrected chi connectivity index (χ2v) is 6.44. The molecule has 0 radical (unpaired) electrons.